The molecular formula is C9H11N5O2. The van der Waals surface area contributed by atoms with E-state index in [-0.39, 0.29) is 5.69 Å². The maximum Gasteiger partial charge on any atom is 0.358 e. The van der Waals surface area contributed by atoms with E-state index in [0.717, 1.165) is 17.8 Å². The molecular weight excluding hydrogens is 210 g/mol. The average molecular weight is 221 g/mol. The fourth-order valence-corrected chi connectivity index (χ4v) is 1.44. The number of carboxylic acid groups (broad SMARTS) is 1. The van der Waals surface area contributed by atoms with Gasteiger partial charge in [-0.25, -0.2) is 9.48 Å². The number of aryl methyl sites for hydroxylation is 2. The van der Waals surface area contributed by atoms with Gasteiger partial charge >= 0.3 is 5.97 Å². The van der Waals surface area contributed by atoms with Gasteiger partial charge in [0.2, 0.25) is 0 Å². The molecule has 0 saturated heterocycles. The third-order valence-electron chi connectivity index (χ3n) is 2.18. The average Bonchev–Trinajstić information content (AvgIpc) is 2.82. The van der Waals surface area contributed by atoms with Crippen molar-refractivity contribution in [1.29, 1.82) is 0 Å². The highest BCUT2D eigenvalue weighted by atomic mass is 16.4. The third kappa shape index (κ3) is 1.67. The second kappa shape index (κ2) is 3.76. The molecule has 7 nitrogen and oxygen atoms in total. The van der Waals surface area contributed by atoms with Crippen LogP contribution in [0.25, 0.3) is 5.69 Å². The summed E-state index contributed by atoms with van der Waals surface area (Å²) in [6.07, 6.45) is 3.90. The standard InChI is InChI=1S/C9H11N5O2/c1-3-6-8(5-13(2)11-6)14-4-7(9(15)16)10-12-14/h4-5H,3H2,1-2H3,(H,15,16). The van der Waals surface area contributed by atoms with E-state index in [1.54, 1.807) is 17.9 Å². The summed E-state index contributed by atoms with van der Waals surface area (Å²) in [6.45, 7) is 1.97. The van der Waals surface area contributed by atoms with Gasteiger partial charge in [-0.05, 0) is 6.42 Å². The second-order valence-electron chi connectivity index (χ2n) is 3.34. The number of carboxylic acids is 1. The third-order valence-corrected chi connectivity index (χ3v) is 2.18. The molecule has 0 spiro atoms. The molecule has 0 radical (unpaired) electrons. The van der Waals surface area contributed by atoms with Crippen LogP contribution in [0, 0.1) is 0 Å². The second-order valence-corrected chi connectivity index (χ2v) is 3.34. The Balaban J connectivity index is 2.45. The van der Waals surface area contributed by atoms with E-state index in [0.29, 0.717) is 0 Å². The molecule has 2 aromatic rings. The Hall–Kier alpha value is -2.18. The molecule has 16 heavy (non-hydrogen) atoms. The lowest BCUT2D eigenvalue weighted by Gasteiger charge is -1.96. The van der Waals surface area contributed by atoms with Crippen LogP contribution < -0.4 is 0 Å². The molecule has 0 fully saturated rings. The predicted molar refractivity (Wildman–Crippen MR) is 54.5 cm³/mol. The van der Waals surface area contributed by atoms with Gasteiger partial charge in [-0.3, -0.25) is 4.68 Å². The van der Waals surface area contributed by atoms with Crippen molar-refractivity contribution in [2.75, 3.05) is 0 Å². The maximum atomic E-state index is 10.7. The van der Waals surface area contributed by atoms with E-state index in [2.05, 4.69) is 15.4 Å². The Morgan fingerprint density at radius 2 is 2.25 bits per heavy atom. The number of rotatable bonds is 3. The van der Waals surface area contributed by atoms with Crippen LogP contribution in [0.3, 0.4) is 0 Å². The van der Waals surface area contributed by atoms with Gasteiger partial charge in [-0.15, -0.1) is 5.10 Å². The van der Waals surface area contributed by atoms with Crippen molar-refractivity contribution in [3.05, 3.63) is 23.8 Å². The summed E-state index contributed by atoms with van der Waals surface area (Å²) in [4.78, 5) is 10.7. The van der Waals surface area contributed by atoms with Crippen molar-refractivity contribution in [2.24, 2.45) is 7.05 Å². The van der Waals surface area contributed by atoms with Gasteiger partial charge in [0.05, 0.1) is 18.1 Å². The van der Waals surface area contributed by atoms with Crippen molar-refractivity contribution in [3.63, 3.8) is 0 Å². The fourth-order valence-electron chi connectivity index (χ4n) is 1.44. The first-order chi connectivity index (χ1) is 7.61. The van der Waals surface area contributed by atoms with E-state index >= 15 is 0 Å². The molecule has 7 heteroatoms. The largest absolute Gasteiger partial charge is 0.476 e. The van der Waals surface area contributed by atoms with Crippen LogP contribution in [0.4, 0.5) is 0 Å². The van der Waals surface area contributed by atoms with Crippen molar-refractivity contribution in [1.82, 2.24) is 24.8 Å². The Kier molecular flexibility index (Phi) is 2.43. The molecule has 2 heterocycles. The minimum Gasteiger partial charge on any atom is -0.476 e. The number of aromatic nitrogens is 5. The molecule has 0 aromatic carbocycles. The van der Waals surface area contributed by atoms with Crippen molar-refractivity contribution in [2.45, 2.75) is 13.3 Å². The lowest BCUT2D eigenvalue weighted by molar-refractivity contribution is 0.0690. The number of hydrogen-bond acceptors (Lipinski definition) is 4. The molecule has 2 aromatic heterocycles. The summed E-state index contributed by atoms with van der Waals surface area (Å²) in [5.41, 5.74) is 1.53. The van der Waals surface area contributed by atoms with Crippen LogP contribution in [-0.4, -0.2) is 35.9 Å². The first-order valence-corrected chi connectivity index (χ1v) is 4.80. The van der Waals surface area contributed by atoms with Crippen LogP contribution in [0.15, 0.2) is 12.4 Å². The Labute approximate surface area is 91.3 Å². The summed E-state index contributed by atoms with van der Waals surface area (Å²) >= 11 is 0. The lowest BCUT2D eigenvalue weighted by atomic mass is 10.3. The van der Waals surface area contributed by atoms with Gasteiger partial charge in [0, 0.05) is 7.05 Å². The van der Waals surface area contributed by atoms with Crippen LogP contribution >= 0.6 is 0 Å². The van der Waals surface area contributed by atoms with E-state index in [4.69, 9.17) is 5.11 Å². The molecule has 0 aliphatic heterocycles. The Morgan fingerprint density at radius 1 is 1.50 bits per heavy atom. The van der Waals surface area contributed by atoms with Crippen LogP contribution in [0.2, 0.25) is 0 Å². The van der Waals surface area contributed by atoms with Gasteiger partial charge in [0.25, 0.3) is 0 Å². The quantitative estimate of drug-likeness (QED) is 0.803. The zero-order valence-corrected chi connectivity index (χ0v) is 8.95. The topological polar surface area (TPSA) is 85.8 Å². The summed E-state index contributed by atoms with van der Waals surface area (Å²) < 4.78 is 3.09. The van der Waals surface area contributed by atoms with Gasteiger partial charge in [-0.2, -0.15) is 5.10 Å². The zero-order valence-electron chi connectivity index (χ0n) is 8.95. The minimum atomic E-state index is -1.09. The number of aromatic carboxylic acids is 1. The summed E-state index contributed by atoms with van der Waals surface area (Å²) in [7, 11) is 1.80. The highest BCUT2D eigenvalue weighted by Crippen LogP contribution is 2.12. The van der Waals surface area contributed by atoms with Crippen LogP contribution in [0.1, 0.15) is 23.1 Å². The van der Waals surface area contributed by atoms with E-state index in [1.165, 1.54) is 10.9 Å². The Bertz CT molecular complexity index is 528. The summed E-state index contributed by atoms with van der Waals surface area (Å²) in [5.74, 6) is -1.09. The van der Waals surface area contributed by atoms with Gasteiger partial charge in [0.15, 0.2) is 5.69 Å². The molecule has 0 atom stereocenters. The molecule has 0 saturated carbocycles. The summed E-state index contributed by atoms with van der Waals surface area (Å²) in [6, 6.07) is 0. The van der Waals surface area contributed by atoms with Gasteiger partial charge in [-0.1, -0.05) is 12.1 Å². The van der Waals surface area contributed by atoms with Crippen LogP contribution in [0.5, 0.6) is 0 Å². The van der Waals surface area contributed by atoms with Crippen LogP contribution in [-0.2, 0) is 13.5 Å². The normalized spacial score (nSPS) is 10.6. The zero-order chi connectivity index (χ0) is 11.7. The first kappa shape index (κ1) is 10.3. The van der Waals surface area contributed by atoms with Crippen molar-refractivity contribution in [3.8, 4) is 5.69 Å². The molecule has 2 rings (SSSR count). The first-order valence-electron chi connectivity index (χ1n) is 4.80. The van der Waals surface area contributed by atoms with E-state index in [9.17, 15) is 4.79 Å². The monoisotopic (exact) mass is 221 g/mol. The van der Waals surface area contributed by atoms with E-state index in [1.807, 2.05) is 6.92 Å². The minimum absolute atomic E-state index is 0.0779. The van der Waals surface area contributed by atoms with Gasteiger partial charge in [0.1, 0.15) is 5.69 Å². The number of hydrogen-bond donors (Lipinski definition) is 1. The fraction of sp³-hybridized carbons (Fsp3) is 0.333. The molecule has 0 aliphatic carbocycles. The smallest absolute Gasteiger partial charge is 0.358 e. The number of carbonyl (C=O) groups is 1. The summed E-state index contributed by atoms with van der Waals surface area (Å²) in [5, 5.41) is 20.3. The van der Waals surface area contributed by atoms with E-state index < -0.39 is 5.97 Å². The number of nitrogens with zero attached hydrogens (tertiary/aromatic N) is 5. The Morgan fingerprint density at radius 3 is 2.81 bits per heavy atom. The lowest BCUT2D eigenvalue weighted by Crippen LogP contribution is -1.97. The molecule has 0 unspecified atom stereocenters. The maximum absolute atomic E-state index is 10.7. The van der Waals surface area contributed by atoms with Gasteiger partial charge < -0.3 is 5.11 Å². The van der Waals surface area contributed by atoms with Crippen molar-refractivity contribution < 1.29 is 9.90 Å². The molecule has 84 valence electrons. The molecule has 0 bridgehead atoms. The predicted octanol–water partition coefficient (Wildman–Crippen LogP) is 0.261. The molecule has 0 aliphatic rings. The van der Waals surface area contributed by atoms with Crippen molar-refractivity contribution >= 4 is 5.97 Å². The molecule has 1 N–H and O–H groups in total. The highest BCUT2D eigenvalue weighted by molar-refractivity contribution is 5.84. The SMILES string of the molecule is CCc1nn(C)cc1-n1cc(C(=O)O)nn1. The highest BCUT2D eigenvalue weighted by Gasteiger charge is 2.13. The molecule has 0 amide bonds.